The lowest BCUT2D eigenvalue weighted by atomic mass is 9.91. The molecule has 33 heavy (non-hydrogen) atoms. The predicted molar refractivity (Wildman–Crippen MR) is 114 cm³/mol. The number of furan rings is 1. The molecule has 0 radical (unpaired) electrons. The van der Waals surface area contributed by atoms with Crippen LogP contribution in [0.15, 0.2) is 50.0 Å². The highest BCUT2D eigenvalue weighted by molar-refractivity contribution is 5.86. The summed E-state index contributed by atoms with van der Waals surface area (Å²) in [6.45, 7) is 1.54. The summed E-state index contributed by atoms with van der Waals surface area (Å²) in [7, 11) is 2.60. The van der Waals surface area contributed by atoms with Gasteiger partial charge in [-0.15, -0.1) is 0 Å². The number of nitrogens with one attached hydrogen (secondary N) is 1. The Balaban J connectivity index is 1.87. The molecule has 1 atom stereocenters. The van der Waals surface area contributed by atoms with Crippen LogP contribution in [0.25, 0.3) is 0 Å². The minimum Gasteiger partial charge on any atom is -0.504 e. The van der Waals surface area contributed by atoms with E-state index in [1.54, 1.807) is 6.92 Å². The molecule has 0 saturated heterocycles. The zero-order chi connectivity index (χ0) is 24.1. The van der Waals surface area contributed by atoms with Crippen molar-refractivity contribution in [3.05, 3.63) is 75.2 Å². The molecule has 0 aliphatic heterocycles. The molecule has 2 aromatic heterocycles. The molecule has 174 valence electrons. The van der Waals surface area contributed by atoms with Crippen LogP contribution in [0.1, 0.15) is 45.7 Å². The molecule has 1 amide bonds. The van der Waals surface area contributed by atoms with Gasteiger partial charge in [-0.3, -0.25) is 9.59 Å². The van der Waals surface area contributed by atoms with Crippen LogP contribution in [0.5, 0.6) is 17.2 Å². The van der Waals surface area contributed by atoms with Gasteiger partial charge in [0.25, 0.3) is 0 Å². The number of ether oxygens (including phenoxy) is 2. The minimum atomic E-state index is -0.866. The molecule has 2 heterocycles. The molecule has 0 bridgehead atoms. The summed E-state index contributed by atoms with van der Waals surface area (Å²) in [4.78, 5) is 36.4. The van der Waals surface area contributed by atoms with Gasteiger partial charge in [0.15, 0.2) is 17.3 Å². The monoisotopic (exact) mass is 457 g/mol. The third-order valence-corrected chi connectivity index (χ3v) is 4.89. The van der Waals surface area contributed by atoms with E-state index in [9.17, 15) is 24.6 Å². The fourth-order valence-corrected chi connectivity index (χ4v) is 3.26. The molecule has 10 heteroatoms. The Labute approximate surface area is 188 Å². The number of benzene rings is 1. The van der Waals surface area contributed by atoms with E-state index >= 15 is 0 Å². The molecule has 0 spiro atoms. The Morgan fingerprint density at radius 2 is 1.85 bits per heavy atom. The van der Waals surface area contributed by atoms with E-state index in [0.29, 0.717) is 11.3 Å². The fraction of sp³-hybridized carbons (Fsp3) is 0.261. The van der Waals surface area contributed by atoms with Gasteiger partial charge in [-0.1, -0.05) is 6.07 Å². The molecule has 3 aromatic rings. The minimum absolute atomic E-state index is 0.00210. The molecule has 0 aliphatic rings. The van der Waals surface area contributed by atoms with E-state index < -0.39 is 29.0 Å². The number of rotatable bonds is 8. The average molecular weight is 457 g/mol. The van der Waals surface area contributed by atoms with Crippen molar-refractivity contribution >= 4 is 11.9 Å². The van der Waals surface area contributed by atoms with E-state index in [2.05, 4.69) is 10.1 Å². The lowest BCUT2D eigenvalue weighted by Gasteiger charge is -2.18. The number of hydrogen-bond acceptors (Lipinski definition) is 9. The predicted octanol–water partition coefficient (Wildman–Crippen LogP) is 2.59. The Bertz CT molecular complexity index is 1220. The molecular formula is C23H23NO9. The van der Waals surface area contributed by atoms with Crippen LogP contribution in [0, 0.1) is 6.92 Å². The smallest absolute Gasteiger partial charge is 0.373 e. The highest BCUT2D eigenvalue weighted by Gasteiger charge is 2.27. The fourth-order valence-electron chi connectivity index (χ4n) is 3.26. The van der Waals surface area contributed by atoms with Crippen LogP contribution in [0.3, 0.4) is 0 Å². The standard InChI is InChI=1S/C23H23NO9/c1-12-8-17(26)21(28)22(32-12)15(13-4-6-16(25)19(9-13)30-2)10-20(27)24-11-14-5-7-18(33-14)23(29)31-3/h4-9,15,25,28H,10-11H2,1-3H3,(H,24,27)/t15-/m1/s1. The Hall–Kier alpha value is -4.21. The highest BCUT2D eigenvalue weighted by Crippen LogP contribution is 2.37. The Morgan fingerprint density at radius 3 is 2.55 bits per heavy atom. The normalized spacial score (nSPS) is 11.6. The molecule has 1 aromatic carbocycles. The number of aromatic hydroxyl groups is 2. The highest BCUT2D eigenvalue weighted by atomic mass is 16.5. The van der Waals surface area contributed by atoms with Gasteiger partial charge in [0.1, 0.15) is 11.5 Å². The van der Waals surface area contributed by atoms with Gasteiger partial charge in [-0.2, -0.15) is 0 Å². The number of carbonyl (C=O) groups excluding carboxylic acids is 2. The lowest BCUT2D eigenvalue weighted by Crippen LogP contribution is -2.25. The first-order chi connectivity index (χ1) is 15.7. The zero-order valence-electron chi connectivity index (χ0n) is 18.2. The summed E-state index contributed by atoms with van der Waals surface area (Å²) < 4.78 is 20.6. The molecule has 0 fully saturated rings. The number of hydrogen-bond donors (Lipinski definition) is 3. The van der Waals surface area contributed by atoms with Crippen molar-refractivity contribution in [1.29, 1.82) is 0 Å². The lowest BCUT2D eigenvalue weighted by molar-refractivity contribution is -0.121. The number of methoxy groups -OCH3 is 2. The van der Waals surface area contributed by atoms with Gasteiger partial charge in [0.2, 0.25) is 22.8 Å². The second kappa shape index (κ2) is 9.94. The second-order valence-electron chi connectivity index (χ2n) is 7.16. The van der Waals surface area contributed by atoms with E-state index in [4.69, 9.17) is 13.6 Å². The summed E-state index contributed by atoms with van der Waals surface area (Å²) >= 11 is 0. The van der Waals surface area contributed by atoms with Crippen molar-refractivity contribution in [1.82, 2.24) is 5.32 Å². The van der Waals surface area contributed by atoms with Gasteiger partial charge in [-0.05, 0) is 36.8 Å². The third kappa shape index (κ3) is 5.35. The van der Waals surface area contributed by atoms with Gasteiger partial charge in [0, 0.05) is 12.5 Å². The van der Waals surface area contributed by atoms with E-state index in [1.165, 1.54) is 44.6 Å². The maximum absolute atomic E-state index is 12.7. The number of phenolic OH excluding ortho intramolecular Hbond substituents is 1. The number of aryl methyl sites for hydroxylation is 1. The second-order valence-corrected chi connectivity index (χ2v) is 7.16. The molecule has 0 saturated carbocycles. The SMILES string of the molecule is COC(=O)c1ccc(CNC(=O)C[C@H](c2ccc(O)c(OC)c2)c2oc(C)cc(=O)c2O)o1. The van der Waals surface area contributed by atoms with Gasteiger partial charge in [-0.25, -0.2) is 4.79 Å². The summed E-state index contributed by atoms with van der Waals surface area (Å²) in [5.74, 6) is -2.03. The van der Waals surface area contributed by atoms with Gasteiger partial charge in [0.05, 0.1) is 26.7 Å². The number of esters is 1. The summed E-state index contributed by atoms with van der Waals surface area (Å²) in [6, 6.07) is 8.50. The largest absolute Gasteiger partial charge is 0.504 e. The van der Waals surface area contributed by atoms with E-state index in [1.807, 2.05) is 0 Å². The Kier molecular flexibility index (Phi) is 7.07. The molecule has 0 unspecified atom stereocenters. The first kappa shape index (κ1) is 23.5. The third-order valence-electron chi connectivity index (χ3n) is 4.89. The van der Waals surface area contributed by atoms with Gasteiger partial charge < -0.3 is 33.8 Å². The summed E-state index contributed by atoms with van der Waals surface area (Å²) in [5.41, 5.74) is -0.175. The van der Waals surface area contributed by atoms with Crippen molar-refractivity contribution in [2.75, 3.05) is 14.2 Å². The first-order valence-corrected chi connectivity index (χ1v) is 9.87. The number of carbonyl (C=O) groups is 2. The van der Waals surface area contributed by atoms with Crippen LogP contribution >= 0.6 is 0 Å². The topological polar surface area (TPSA) is 148 Å². The quantitative estimate of drug-likeness (QED) is 0.434. The van der Waals surface area contributed by atoms with E-state index in [-0.39, 0.29) is 41.7 Å². The maximum atomic E-state index is 12.7. The Morgan fingerprint density at radius 1 is 1.09 bits per heavy atom. The maximum Gasteiger partial charge on any atom is 0.373 e. The summed E-state index contributed by atoms with van der Waals surface area (Å²) in [5, 5.41) is 22.9. The van der Waals surface area contributed by atoms with Crippen molar-refractivity contribution in [3.8, 4) is 17.2 Å². The molecule has 0 aliphatic carbocycles. The van der Waals surface area contributed by atoms with Crippen LogP contribution < -0.4 is 15.5 Å². The molecular weight excluding hydrogens is 434 g/mol. The zero-order valence-corrected chi connectivity index (χ0v) is 18.2. The summed E-state index contributed by atoms with van der Waals surface area (Å²) in [6.07, 6.45) is -0.210. The van der Waals surface area contributed by atoms with Crippen molar-refractivity contribution in [2.24, 2.45) is 0 Å². The van der Waals surface area contributed by atoms with Crippen LogP contribution in [-0.4, -0.2) is 36.3 Å². The van der Waals surface area contributed by atoms with Crippen LogP contribution in [0.2, 0.25) is 0 Å². The van der Waals surface area contributed by atoms with Crippen molar-refractivity contribution < 1.29 is 38.1 Å². The van der Waals surface area contributed by atoms with Crippen molar-refractivity contribution in [3.63, 3.8) is 0 Å². The molecule has 10 nitrogen and oxygen atoms in total. The molecule has 3 N–H and O–H groups in total. The average Bonchev–Trinajstić information content (AvgIpc) is 3.27. The van der Waals surface area contributed by atoms with Crippen molar-refractivity contribution in [2.45, 2.75) is 25.8 Å². The number of amides is 1. The van der Waals surface area contributed by atoms with Crippen LogP contribution in [0.4, 0.5) is 0 Å². The first-order valence-electron chi connectivity index (χ1n) is 9.87. The molecule has 3 rings (SSSR count). The van der Waals surface area contributed by atoms with Gasteiger partial charge >= 0.3 is 5.97 Å². The van der Waals surface area contributed by atoms with E-state index in [0.717, 1.165) is 6.07 Å². The number of phenols is 1. The van der Waals surface area contributed by atoms with Crippen LogP contribution in [-0.2, 0) is 16.1 Å².